The molecule has 3 N–H and O–H groups in total. The largest absolute Gasteiger partial charge is 0.428 e. The van der Waals surface area contributed by atoms with Crippen LogP contribution in [0.3, 0.4) is 0 Å². The van der Waals surface area contributed by atoms with Gasteiger partial charge in [-0.3, -0.25) is 18.9 Å². The van der Waals surface area contributed by atoms with Gasteiger partial charge in [0.15, 0.2) is 0 Å². The van der Waals surface area contributed by atoms with Crippen molar-refractivity contribution < 1.29 is 38.2 Å². The van der Waals surface area contributed by atoms with Gasteiger partial charge in [0.2, 0.25) is 12.7 Å². The Morgan fingerprint density at radius 3 is 2.28 bits per heavy atom. The van der Waals surface area contributed by atoms with E-state index >= 15 is 0 Å². The summed E-state index contributed by atoms with van der Waals surface area (Å²) < 4.78 is 20.9. The molecule has 0 aliphatic carbocycles. The first-order valence-corrected chi connectivity index (χ1v) is 10.9. The summed E-state index contributed by atoms with van der Waals surface area (Å²) in [5.74, 6) is -2.70. The summed E-state index contributed by atoms with van der Waals surface area (Å²) in [6.45, 7) is 4.40. The molecule has 1 amide bonds. The van der Waals surface area contributed by atoms with Crippen LogP contribution in [-0.2, 0) is 34.8 Å². The molecule has 1 rings (SSSR count). The SMILES string of the molecule is CC(C)(C)C(=O)OCOC(=O)CCNC(=O)C(Cc1ccccc1)CP(=O)(O)O. The second kappa shape index (κ2) is 11.1. The van der Waals surface area contributed by atoms with Crippen molar-refractivity contribution in [3.8, 4) is 0 Å². The highest BCUT2D eigenvalue weighted by atomic mass is 31.2. The molecule has 0 aliphatic heterocycles. The normalized spacial score (nSPS) is 12.7. The van der Waals surface area contributed by atoms with Gasteiger partial charge in [0.25, 0.3) is 0 Å². The third-order valence-corrected chi connectivity index (χ3v) is 4.72. The van der Waals surface area contributed by atoms with Crippen LogP contribution in [0.15, 0.2) is 30.3 Å². The van der Waals surface area contributed by atoms with Crippen molar-refractivity contribution in [1.82, 2.24) is 5.32 Å². The molecule has 0 fully saturated rings. The van der Waals surface area contributed by atoms with Crippen LogP contribution >= 0.6 is 7.60 Å². The van der Waals surface area contributed by atoms with Crippen LogP contribution in [0.2, 0.25) is 0 Å². The van der Waals surface area contributed by atoms with Crippen LogP contribution in [0.5, 0.6) is 0 Å². The number of benzene rings is 1. The third-order valence-electron chi connectivity index (χ3n) is 3.80. The van der Waals surface area contributed by atoms with Crippen molar-refractivity contribution in [2.45, 2.75) is 33.6 Å². The van der Waals surface area contributed by atoms with E-state index in [0.29, 0.717) is 0 Å². The first kappa shape index (κ1) is 24.8. The summed E-state index contributed by atoms with van der Waals surface area (Å²) in [6, 6.07) is 8.85. The molecule has 0 spiro atoms. The Bertz CT molecular complexity index is 738. The van der Waals surface area contributed by atoms with E-state index in [-0.39, 0.29) is 19.4 Å². The van der Waals surface area contributed by atoms with Gasteiger partial charge in [0, 0.05) is 6.54 Å². The standard InChI is InChI=1S/C19H28NO8P/c1-19(2,3)18(23)28-13-27-16(21)9-10-20-17(22)15(12-29(24,25)26)11-14-7-5-4-6-8-14/h4-8,15H,9-13H2,1-3H3,(H,20,22)(H2,24,25,26). The predicted octanol–water partition coefficient (Wildman–Crippen LogP) is 1.62. The molecule has 1 atom stereocenters. The number of carbonyl (C=O) groups excluding carboxylic acids is 3. The van der Waals surface area contributed by atoms with Gasteiger partial charge < -0.3 is 24.6 Å². The van der Waals surface area contributed by atoms with Crippen molar-refractivity contribution in [2.24, 2.45) is 11.3 Å². The number of hydrogen-bond acceptors (Lipinski definition) is 6. The molecule has 0 saturated heterocycles. The summed E-state index contributed by atoms with van der Waals surface area (Å²) in [5.41, 5.74) is 0.0497. The van der Waals surface area contributed by atoms with Crippen LogP contribution in [0.25, 0.3) is 0 Å². The lowest BCUT2D eigenvalue weighted by Gasteiger charge is -2.18. The molecule has 9 nitrogen and oxygen atoms in total. The number of hydrogen-bond donors (Lipinski definition) is 3. The highest BCUT2D eigenvalue weighted by molar-refractivity contribution is 7.51. The molecular formula is C19H28NO8P. The van der Waals surface area contributed by atoms with E-state index in [1.165, 1.54) is 0 Å². The lowest BCUT2D eigenvalue weighted by atomic mass is 9.98. The molecular weight excluding hydrogens is 401 g/mol. The summed E-state index contributed by atoms with van der Waals surface area (Å²) >= 11 is 0. The predicted molar refractivity (Wildman–Crippen MR) is 105 cm³/mol. The molecule has 1 aromatic carbocycles. The topological polar surface area (TPSA) is 139 Å². The molecule has 0 aromatic heterocycles. The lowest BCUT2D eigenvalue weighted by Crippen LogP contribution is -2.35. The van der Waals surface area contributed by atoms with Gasteiger partial charge in [-0.05, 0) is 32.8 Å². The molecule has 1 aromatic rings. The summed E-state index contributed by atoms with van der Waals surface area (Å²) in [6.07, 6.45) is -0.612. The Kier molecular flexibility index (Phi) is 9.49. The van der Waals surface area contributed by atoms with Crippen LogP contribution in [0.4, 0.5) is 0 Å². The van der Waals surface area contributed by atoms with Gasteiger partial charge in [0.1, 0.15) is 0 Å². The fraction of sp³-hybridized carbons (Fsp3) is 0.526. The first-order valence-electron chi connectivity index (χ1n) is 9.07. The number of carbonyl (C=O) groups is 3. The monoisotopic (exact) mass is 429 g/mol. The number of amides is 1. The van der Waals surface area contributed by atoms with E-state index in [1.54, 1.807) is 51.1 Å². The van der Waals surface area contributed by atoms with E-state index in [9.17, 15) is 28.7 Å². The van der Waals surface area contributed by atoms with Crippen molar-refractivity contribution in [1.29, 1.82) is 0 Å². The quantitative estimate of drug-likeness (QED) is 0.290. The maximum absolute atomic E-state index is 12.3. The number of esters is 2. The van der Waals surface area contributed by atoms with Gasteiger partial charge in [-0.15, -0.1) is 0 Å². The summed E-state index contributed by atoms with van der Waals surface area (Å²) in [4.78, 5) is 54.0. The number of rotatable bonds is 10. The van der Waals surface area contributed by atoms with E-state index in [0.717, 1.165) is 5.56 Å². The van der Waals surface area contributed by atoms with Gasteiger partial charge >= 0.3 is 19.5 Å². The average Bonchev–Trinajstić information content (AvgIpc) is 2.60. The molecule has 0 heterocycles. The molecule has 162 valence electrons. The Balaban J connectivity index is 2.46. The summed E-state index contributed by atoms with van der Waals surface area (Å²) in [5, 5.41) is 2.49. The second-order valence-electron chi connectivity index (χ2n) is 7.59. The van der Waals surface area contributed by atoms with E-state index in [4.69, 9.17) is 9.47 Å². The smallest absolute Gasteiger partial charge is 0.326 e. The fourth-order valence-electron chi connectivity index (χ4n) is 2.30. The van der Waals surface area contributed by atoms with E-state index in [1.807, 2.05) is 0 Å². The van der Waals surface area contributed by atoms with Gasteiger partial charge in [0.05, 0.1) is 23.9 Å². The molecule has 29 heavy (non-hydrogen) atoms. The van der Waals surface area contributed by atoms with Gasteiger partial charge in [-0.25, -0.2) is 0 Å². The van der Waals surface area contributed by atoms with Crippen molar-refractivity contribution in [3.05, 3.63) is 35.9 Å². The third kappa shape index (κ3) is 10.8. The lowest BCUT2D eigenvalue weighted by molar-refractivity contribution is -0.173. The molecule has 0 bridgehead atoms. The summed E-state index contributed by atoms with van der Waals surface area (Å²) in [7, 11) is -4.40. The minimum atomic E-state index is -4.40. The zero-order chi connectivity index (χ0) is 22.1. The minimum Gasteiger partial charge on any atom is -0.428 e. The Morgan fingerprint density at radius 2 is 1.72 bits per heavy atom. The van der Waals surface area contributed by atoms with Crippen LogP contribution in [0.1, 0.15) is 32.8 Å². The number of nitrogens with one attached hydrogen (secondary N) is 1. The minimum absolute atomic E-state index is 0.0721. The van der Waals surface area contributed by atoms with E-state index in [2.05, 4.69) is 5.32 Å². The fourth-order valence-corrected chi connectivity index (χ4v) is 3.16. The van der Waals surface area contributed by atoms with Crippen molar-refractivity contribution in [2.75, 3.05) is 19.5 Å². The Hall–Kier alpha value is -2.22. The van der Waals surface area contributed by atoms with Crippen LogP contribution in [-0.4, -0.2) is 47.1 Å². The van der Waals surface area contributed by atoms with Gasteiger partial charge in [-0.2, -0.15) is 0 Å². The van der Waals surface area contributed by atoms with Crippen LogP contribution in [0, 0.1) is 11.3 Å². The Labute approximate surface area is 169 Å². The molecule has 0 radical (unpaired) electrons. The zero-order valence-corrected chi connectivity index (χ0v) is 17.7. The molecule has 10 heteroatoms. The molecule has 0 aliphatic rings. The van der Waals surface area contributed by atoms with Crippen molar-refractivity contribution >= 4 is 25.4 Å². The maximum Gasteiger partial charge on any atom is 0.326 e. The zero-order valence-electron chi connectivity index (χ0n) is 16.8. The second-order valence-corrected chi connectivity index (χ2v) is 9.29. The molecule has 1 unspecified atom stereocenters. The highest BCUT2D eigenvalue weighted by Crippen LogP contribution is 2.37. The van der Waals surface area contributed by atoms with E-state index < -0.39 is 49.7 Å². The van der Waals surface area contributed by atoms with Crippen molar-refractivity contribution in [3.63, 3.8) is 0 Å². The Morgan fingerprint density at radius 1 is 1.10 bits per heavy atom. The first-order chi connectivity index (χ1) is 13.4. The maximum atomic E-state index is 12.3. The van der Waals surface area contributed by atoms with Crippen LogP contribution < -0.4 is 5.32 Å². The number of ether oxygens (including phenoxy) is 2. The average molecular weight is 429 g/mol. The molecule has 0 saturated carbocycles. The highest BCUT2D eigenvalue weighted by Gasteiger charge is 2.28. The van der Waals surface area contributed by atoms with Gasteiger partial charge in [-0.1, -0.05) is 30.3 Å².